The van der Waals surface area contributed by atoms with Gasteiger partial charge in [-0.2, -0.15) is 0 Å². The van der Waals surface area contributed by atoms with Crippen molar-refractivity contribution in [1.29, 1.82) is 0 Å². The van der Waals surface area contributed by atoms with Crippen molar-refractivity contribution < 1.29 is 18.4 Å². The van der Waals surface area contributed by atoms with E-state index in [1.54, 1.807) is 0 Å². The van der Waals surface area contributed by atoms with Gasteiger partial charge in [-0.15, -0.1) is 0 Å². The lowest BCUT2D eigenvalue weighted by Crippen LogP contribution is -2.39. The quantitative estimate of drug-likeness (QED) is 0.378. The summed E-state index contributed by atoms with van der Waals surface area (Å²) in [5.74, 6) is -0.380. The van der Waals surface area contributed by atoms with Crippen LogP contribution in [-0.2, 0) is 18.4 Å². The predicted molar refractivity (Wildman–Crippen MR) is 77.1 cm³/mol. The van der Waals surface area contributed by atoms with Gasteiger partial charge in [-0.25, -0.2) is 0 Å². The molecule has 0 atom stereocenters. The molecule has 0 fully saturated rings. The summed E-state index contributed by atoms with van der Waals surface area (Å²) in [6.07, 6.45) is 3.32. The fourth-order valence-corrected chi connectivity index (χ4v) is 4.08. The van der Waals surface area contributed by atoms with Crippen molar-refractivity contribution in [2.75, 3.05) is 19.8 Å². The maximum atomic E-state index is 11.3. The molecule has 0 heterocycles. The highest BCUT2D eigenvalue weighted by atomic mass is 28.4. The van der Waals surface area contributed by atoms with E-state index in [-0.39, 0.29) is 11.7 Å². The predicted octanol–water partition coefficient (Wildman–Crippen LogP) is 1.78. The highest BCUT2D eigenvalue weighted by molar-refractivity contribution is 6.66. The molecule has 1 N–H and O–H groups in total. The molecular formula is C13H25NO4Si. The Kier molecular flexibility index (Phi) is 9.37. The molecule has 0 unspecified atom stereocenters. The number of amides is 1. The molecule has 0 aliphatic heterocycles. The summed E-state index contributed by atoms with van der Waals surface area (Å²) >= 11 is 0. The van der Waals surface area contributed by atoms with Gasteiger partial charge in [-0.3, -0.25) is 9.59 Å². The van der Waals surface area contributed by atoms with Gasteiger partial charge in [-0.05, 0) is 45.9 Å². The topological polar surface area (TPSA) is 64.6 Å². The highest BCUT2D eigenvalue weighted by Crippen LogP contribution is 2.15. The molecule has 0 aliphatic carbocycles. The van der Waals surface area contributed by atoms with Gasteiger partial charge in [0, 0.05) is 25.8 Å². The van der Waals surface area contributed by atoms with Crippen LogP contribution in [0.4, 0.5) is 0 Å². The van der Waals surface area contributed by atoms with Crippen molar-refractivity contribution in [1.82, 2.24) is 5.32 Å². The Morgan fingerprint density at radius 2 is 1.74 bits per heavy atom. The lowest BCUT2D eigenvalue weighted by atomic mass is 10.3. The average molecular weight is 287 g/mol. The van der Waals surface area contributed by atoms with E-state index < -0.39 is 8.56 Å². The van der Waals surface area contributed by atoms with Crippen LogP contribution in [0.2, 0.25) is 12.6 Å². The van der Waals surface area contributed by atoms with Crippen LogP contribution < -0.4 is 5.32 Å². The Labute approximate surface area is 116 Å². The first-order chi connectivity index (χ1) is 8.93. The second kappa shape index (κ2) is 9.88. The lowest BCUT2D eigenvalue weighted by molar-refractivity contribution is -0.117. The summed E-state index contributed by atoms with van der Waals surface area (Å²) in [6, 6.07) is 0.839. The van der Waals surface area contributed by atoms with Crippen LogP contribution in [0.25, 0.3) is 0 Å². The molecule has 0 aromatic carbocycles. The highest BCUT2D eigenvalue weighted by Gasteiger charge is 2.29. The number of ketones is 1. The Hall–Kier alpha value is -0.983. The van der Waals surface area contributed by atoms with E-state index in [4.69, 9.17) is 8.85 Å². The molecule has 0 aromatic rings. The smallest absolute Gasteiger partial charge is 0.334 e. The van der Waals surface area contributed by atoms with Crippen LogP contribution in [0.3, 0.4) is 0 Å². The Morgan fingerprint density at radius 1 is 1.16 bits per heavy atom. The van der Waals surface area contributed by atoms with E-state index in [0.29, 0.717) is 19.8 Å². The minimum atomic E-state index is -2.08. The molecule has 0 aromatic heterocycles. The van der Waals surface area contributed by atoms with E-state index in [1.807, 2.05) is 20.4 Å². The zero-order chi connectivity index (χ0) is 14.7. The molecule has 0 rings (SSSR count). The number of hydrogen-bond acceptors (Lipinski definition) is 4. The molecule has 0 saturated heterocycles. The summed E-state index contributed by atoms with van der Waals surface area (Å²) in [4.78, 5) is 22.0. The molecule has 0 radical (unpaired) electrons. The monoisotopic (exact) mass is 287 g/mol. The first kappa shape index (κ1) is 18.0. The van der Waals surface area contributed by atoms with Crippen LogP contribution >= 0.6 is 0 Å². The van der Waals surface area contributed by atoms with Gasteiger partial charge >= 0.3 is 8.56 Å². The van der Waals surface area contributed by atoms with E-state index in [9.17, 15) is 9.59 Å². The minimum Gasteiger partial charge on any atom is -0.395 e. The SMILES string of the molecule is CCO[Si](C)(CCCNC(=O)/C=C/C(C)=O)OCC. The number of nitrogens with one attached hydrogen (secondary N) is 1. The van der Waals surface area contributed by atoms with Gasteiger partial charge in [0.2, 0.25) is 5.91 Å². The van der Waals surface area contributed by atoms with Crippen molar-refractivity contribution in [3.63, 3.8) is 0 Å². The zero-order valence-electron chi connectivity index (χ0n) is 12.3. The van der Waals surface area contributed by atoms with E-state index in [1.165, 1.54) is 19.1 Å². The maximum absolute atomic E-state index is 11.3. The van der Waals surface area contributed by atoms with Crippen LogP contribution in [-0.4, -0.2) is 40.0 Å². The Balaban J connectivity index is 3.94. The maximum Gasteiger partial charge on any atom is 0.334 e. The van der Waals surface area contributed by atoms with Crippen LogP contribution in [0.5, 0.6) is 0 Å². The number of hydrogen-bond donors (Lipinski definition) is 1. The molecular weight excluding hydrogens is 262 g/mol. The Morgan fingerprint density at radius 3 is 2.21 bits per heavy atom. The standard InChI is InChI=1S/C13H25NO4Si/c1-5-17-19(4,18-6-2)11-7-10-14-13(16)9-8-12(3)15/h8-9H,5-7,10-11H2,1-4H3,(H,14,16)/b9-8+. The summed E-state index contributed by atoms with van der Waals surface area (Å²) in [5.41, 5.74) is 0. The van der Waals surface area contributed by atoms with Crippen molar-refractivity contribution >= 4 is 20.3 Å². The Bertz CT molecular complexity index is 312. The molecule has 6 heteroatoms. The van der Waals surface area contributed by atoms with Crippen LogP contribution in [0.1, 0.15) is 27.2 Å². The fourth-order valence-electron chi connectivity index (χ4n) is 1.67. The third kappa shape index (κ3) is 9.58. The molecule has 0 aliphatic rings. The summed E-state index contributed by atoms with van der Waals surface area (Å²) in [7, 11) is -2.08. The zero-order valence-corrected chi connectivity index (χ0v) is 13.3. The lowest BCUT2D eigenvalue weighted by Gasteiger charge is -2.25. The number of carbonyl (C=O) groups is 2. The van der Waals surface area contributed by atoms with Gasteiger partial charge in [0.25, 0.3) is 0 Å². The number of rotatable bonds is 10. The van der Waals surface area contributed by atoms with Crippen molar-refractivity contribution in [2.45, 2.75) is 39.8 Å². The fraction of sp³-hybridized carbons (Fsp3) is 0.692. The molecule has 0 spiro atoms. The number of allylic oxidation sites excluding steroid dienone is 1. The molecule has 1 amide bonds. The normalized spacial score (nSPS) is 11.8. The minimum absolute atomic E-state index is 0.136. The average Bonchev–Trinajstić information content (AvgIpc) is 2.33. The van der Waals surface area contributed by atoms with Gasteiger partial charge in [-0.1, -0.05) is 0 Å². The van der Waals surface area contributed by atoms with Crippen molar-refractivity contribution in [2.24, 2.45) is 0 Å². The first-order valence-electron chi connectivity index (χ1n) is 6.68. The number of carbonyl (C=O) groups excluding carboxylic acids is 2. The van der Waals surface area contributed by atoms with E-state index in [2.05, 4.69) is 5.32 Å². The second-order valence-electron chi connectivity index (χ2n) is 4.34. The molecule has 0 bridgehead atoms. The van der Waals surface area contributed by atoms with Crippen LogP contribution in [0, 0.1) is 0 Å². The van der Waals surface area contributed by atoms with Gasteiger partial charge in [0.05, 0.1) is 0 Å². The van der Waals surface area contributed by atoms with Gasteiger partial charge in [0.1, 0.15) is 0 Å². The van der Waals surface area contributed by atoms with Gasteiger partial charge in [0.15, 0.2) is 5.78 Å². The summed E-state index contributed by atoms with van der Waals surface area (Å²) in [6.45, 7) is 9.22. The van der Waals surface area contributed by atoms with E-state index >= 15 is 0 Å². The third-order valence-electron chi connectivity index (χ3n) is 2.48. The van der Waals surface area contributed by atoms with Crippen molar-refractivity contribution in [3.8, 4) is 0 Å². The molecule has 0 saturated carbocycles. The van der Waals surface area contributed by atoms with E-state index in [0.717, 1.165) is 12.5 Å². The van der Waals surface area contributed by atoms with Gasteiger partial charge < -0.3 is 14.2 Å². The molecule has 110 valence electrons. The van der Waals surface area contributed by atoms with Crippen LogP contribution in [0.15, 0.2) is 12.2 Å². The molecule has 19 heavy (non-hydrogen) atoms. The van der Waals surface area contributed by atoms with Crippen molar-refractivity contribution in [3.05, 3.63) is 12.2 Å². The summed E-state index contributed by atoms with van der Waals surface area (Å²) < 4.78 is 11.4. The summed E-state index contributed by atoms with van der Waals surface area (Å²) in [5, 5.41) is 2.73. The third-order valence-corrected chi connectivity index (χ3v) is 5.54. The largest absolute Gasteiger partial charge is 0.395 e. The molecule has 5 nitrogen and oxygen atoms in total. The second-order valence-corrected chi connectivity index (χ2v) is 7.68. The first-order valence-corrected chi connectivity index (χ1v) is 9.20.